The zero-order valence-corrected chi connectivity index (χ0v) is 28.5. The molecule has 244 valence electrons. The van der Waals surface area contributed by atoms with Gasteiger partial charge in [-0.3, -0.25) is 0 Å². The van der Waals surface area contributed by atoms with E-state index in [-0.39, 0.29) is 11.7 Å². The van der Waals surface area contributed by atoms with Crippen LogP contribution < -0.4 is 9.47 Å². The van der Waals surface area contributed by atoms with Crippen molar-refractivity contribution in [2.45, 2.75) is 90.3 Å². The van der Waals surface area contributed by atoms with E-state index in [1.807, 2.05) is 0 Å². The van der Waals surface area contributed by atoms with Crippen LogP contribution in [0.15, 0.2) is 97.1 Å². The van der Waals surface area contributed by atoms with Crippen LogP contribution in [-0.4, -0.2) is 38.1 Å². The summed E-state index contributed by atoms with van der Waals surface area (Å²) in [5, 5.41) is 0. The Morgan fingerprint density at radius 3 is 1.63 bits per heavy atom. The summed E-state index contributed by atoms with van der Waals surface area (Å²) < 4.78 is 24.3. The molecule has 4 aromatic carbocycles. The minimum absolute atomic E-state index is 0.125. The highest BCUT2D eigenvalue weighted by atomic mass is 16.5. The number of hydrogen-bond acceptors (Lipinski definition) is 4. The molecule has 1 unspecified atom stereocenters. The number of unbranched alkanes of at least 4 members (excludes halogenated alkanes) is 2. The Balaban J connectivity index is 1.37. The molecule has 0 saturated heterocycles. The summed E-state index contributed by atoms with van der Waals surface area (Å²) in [6.45, 7) is 13.1. The average molecular weight is 621 g/mol. The van der Waals surface area contributed by atoms with Crippen molar-refractivity contribution in [3.63, 3.8) is 0 Å². The summed E-state index contributed by atoms with van der Waals surface area (Å²) in [7, 11) is 0. The lowest BCUT2D eigenvalue weighted by Crippen LogP contribution is -2.28. The molecule has 0 saturated carbocycles. The molecule has 4 aromatic rings. The number of hydrogen-bond donors (Lipinski definition) is 0. The van der Waals surface area contributed by atoms with E-state index in [1.54, 1.807) is 0 Å². The minimum Gasteiger partial charge on any atom is -0.491 e. The molecule has 0 bridgehead atoms. The van der Waals surface area contributed by atoms with Crippen LogP contribution >= 0.6 is 0 Å². The van der Waals surface area contributed by atoms with Crippen LogP contribution in [0.4, 0.5) is 0 Å². The highest BCUT2D eigenvalue weighted by Crippen LogP contribution is 2.56. The second-order valence-corrected chi connectivity index (χ2v) is 13.1. The van der Waals surface area contributed by atoms with Crippen molar-refractivity contribution in [1.82, 2.24) is 0 Å². The second-order valence-electron chi connectivity index (χ2n) is 13.1. The SMILES string of the molecule is CCCCC(C)OCCOc1ccc(C2(c3ccc(OCCOC(C)(C)CCCC)cc3)c3ccccc3-c3ccccc32)cc1. The first-order valence-corrected chi connectivity index (χ1v) is 17.3. The van der Waals surface area contributed by atoms with Crippen molar-refractivity contribution in [3.8, 4) is 22.6 Å². The third kappa shape index (κ3) is 7.67. The monoisotopic (exact) mass is 620 g/mol. The molecular weight excluding hydrogens is 568 g/mol. The Bertz CT molecular complexity index is 1460. The van der Waals surface area contributed by atoms with E-state index < -0.39 is 5.41 Å². The van der Waals surface area contributed by atoms with Crippen LogP contribution in [-0.2, 0) is 14.9 Å². The standard InChI is InChI=1S/C42H52O4/c1-6-8-14-32(3)43-28-29-44-35-23-19-33(20-24-35)42(39-17-12-10-15-37(39)38-16-11-13-18-40(38)42)34-21-25-36(26-22-34)45-30-31-46-41(4,5)27-9-7-2/h10-13,15-26,32H,6-9,14,27-31H2,1-5H3. The Kier molecular flexibility index (Phi) is 11.6. The average Bonchev–Trinajstić information content (AvgIpc) is 3.38. The summed E-state index contributed by atoms with van der Waals surface area (Å²) in [5.74, 6) is 1.70. The first kappa shape index (κ1) is 33.8. The van der Waals surface area contributed by atoms with Gasteiger partial charge in [0.25, 0.3) is 0 Å². The van der Waals surface area contributed by atoms with E-state index in [0.29, 0.717) is 26.4 Å². The molecule has 0 fully saturated rings. The molecule has 0 radical (unpaired) electrons. The fourth-order valence-corrected chi connectivity index (χ4v) is 6.76. The lowest BCUT2D eigenvalue weighted by atomic mass is 9.68. The summed E-state index contributed by atoms with van der Waals surface area (Å²) in [6.07, 6.45) is 7.15. The molecule has 0 aliphatic heterocycles. The third-order valence-electron chi connectivity index (χ3n) is 9.22. The van der Waals surface area contributed by atoms with Gasteiger partial charge in [-0.2, -0.15) is 0 Å². The van der Waals surface area contributed by atoms with Crippen molar-refractivity contribution in [1.29, 1.82) is 0 Å². The van der Waals surface area contributed by atoms with Crippen molar-refractivity contribution < 1.29 is 18.9 Å². The lowest BCUT2D eigenvalue weighted by Gasteiger charge is -2.34. The molecule has 4 nitrogen and oxygen atoms in total. The van der Waals surface area contributed by atoms with Gasteiger partial charge in [-0.05, 0) is 91.3 Å². The third-order valence-corrected chi connectivity index (χ3v) is 9.22. The van der Waals surface area contributed by atoms with E-state index in [2.05, 4.69) is 132 Å². The number of ether oxygens (including phenoxy) is 4. The van der Waals surface area contributed by atoms with Crippen LogP contribution in [0, 0.1) is 0 Å². The van der Waals surface area contributed by atoms with Crippen LogP contribution in [0.1, 0.15) is 95.4 Å². The van der Waals surface area contributed by atoms with Gasteiger partial charge >= 0.3 is 0 Å². The van der Waals surface area contributed by atoms with E-state index in [4.69, 9.17) is 18.9 Å². The van der Waals surface area contributed by atoms with Gasteiger partial charge in [0, 0.05) is 0 Å². The Morgan fingerprint density at radius 2 is 1.11 bits per heavy atom. The molecule has 0 aromatic heterocycles. The van der Waals surface area contributed by atoms with Crippen LogP contribution in [0.2, 0.25) is 0 Å². The first-order chi connectivity index (χ1) is 22.4. The predicted molar refractivity (Wildman–Crippen MR) is 189 cm³/mol. The zero-order chi connectivity index (χ0) is 32.4. The lowest BCUT2D eigenvalue weighted by molar-refractivity contribution is -0.0360. The highest BCUT2D eigenvalue weighted by Gasteiger charge is 2.45. The van der Waals surface area contributed by atoms with Gasteiger partial charge < -0.3 is 18.9 Å². The van der Waals surface area contributed by atoms with Crippen molar-refractivity contribution in [2.24, 2.45) is 0 Å². The maximum absolute atomic E-state index is 6.15. The van der Waals surface area contributed by atoms with E-state index >= 15 is 0 Å². The first-order valence-electron chi connectivity index (χ1n) is 17.3. The molecule has 0 heterocycles. The molecule has 1 aliphatic rings. The zero-order valence-electron chi connectivity index (χ0n) is 28.5. The van der Waals surface area contributed by atoms with Gasteiger partial charge in [0.15, 0.2) is 0 Å². The van der Waals surface area contributed by atoms with Gasteiger partial charge in [-0.25, -0.2) is 0 Å². The van der Waals surface area contributed by atoms with Crippen molar-refractivity contribution in [3.05, 3.63) is 119 Å². The molecule has 5 rings (SSSR count). The van der Waals surface area contributed by atoms with Crippen molar-refractivity contribution in [2.75, 3.05) is 26.4 Å². The fraction of sp³-hybridized carbons (Fsp3) is 0.429. The Hall–Kier alpha value is -3.60. The summed E-state index contributed by atoms with van der Waals surface area (Å²) >= 11 is 0. The van der Waals surface area contributed by atoms with Crippen LogP contribution in [0.25, 0.3) is 11.1 Å². The maximum Gasteiger partial charge on any atom is 0.119 e. The molecule has 0 spiro atoms. The summed E-state index contributed by atoms with van der Waals surface area (Å²) in [6, 6.07) is 34.9. The van der Waals surface area contributed by atoms with Gasteiger partial charge in [0.1, 0.15) is 24.7 Å². The molecule has 0 amide bonds. The van der Waals surface area contributed by atoms with Gasteiger partial charge in [-0.1, -0.05) is 112 Å². The molecule has 0 N–H and O–H groups in total. The number of rotatable bonds is 18. The number of fused-ring (bicyclic) bond motifs is 3. The Labute approximate surface area is 277 Å². The molecule has 1 atom stereocenters. The molecule has 46 heavy (non-hydrogen) atoms. The van der Waals surface area contributed by atoms with Gasteiger partial charge in [0.2, 0.25) is 0 Å². The smallest absolute Gasteiger partial charge is 0.119 e. The predicted octanol–water partition coefficient (Wildman–Crippen LogP) is 10.4. The van der Waals surface area contributed by atoms with E-state index in [0.717, 1.165) is 24.3 Å². The topological polar surface area (TPSA) is 36.9 Å². The molecular formula is C42H52O4. The Morgan fingerprint density at radius 1 is 0.609 bits per heavy atom. The minimum atomic E-state index is -0.464. The number of benzene rings is 4. The normalized spacial score (nSPS) is 14.0. The van der Waals surface area contributed by atoms with Crippen molar-refractivity contribution >= 4 is 0 Å². The van der Waals surface area contributed by atoms with E-state index in [9.17, 15) is 0 Å². The summed E-state index contributed by atoms with van der Waals surface area (Å²) in [4.78, 5) is 0. The van der Waals surface area contributed by atoms with Gasteiger partial charge in [0.05, 0.1) is 30.3 Å². The quantitative estimate of drug-likeness (QED) is 0.0914. The molecule has 1 aliphatic carbocycles. The molecule has 4 heteroatoms. The van der Waals surface area contributed by atoms with Crippen LogP contribution in [0.5, 0.6) is 11.5 Å². The van der Waals surface area contributed by atoms with E-state index in [1.165, 1.54) is 59.1 Å². The highest BCUT2D eigenvalue weighted by molar-refractivity contribution is 5.86. The second kappa shape index (κ2) is 15.8. The largest absolute Gasteiger partial charge is 0.491 e. The van der Waals surface area contributed by atoms with Gasteiger partial charge in [-0.15, -0.1) is 0 Å². The van der Waals surface area contributed by atoms with Crippen LogP contribution in [0.3, 0.4) is 0 Å². The maximum atomic E-state index is 6.15. The summed E-state index contributed by atoms with van der Waals surface area (Å²) in [5.41, 5.74) is 6.95. The fourth-order valence-electron chi connectivity index (χ4n) is 6.76.